The number of nitrogens with one attached hydrogen (secondary N) is 1. The molecule has 1 nitrogen and oxygen atoms in total. The van der Waals surface area contributed by atoms with Crippen molar-refractivity contribution in [1.29, 1.82) is 0 Å². The van der Waals surface area contributed by atoms with Gasteiger partial charge in [0.05, 0.1) is 0 Å². The Morgan fingerprint density at radius 1 is 1.07 bits per heavy atom. The van der Waals surface area contributed by atoms with E-state index in [1.54, 1.807) is 0 Å². The number of hydrogen-bond acceptors (Lipinski definition) is 1. The zero-order valence-electron chi connectivity index (χ0n) is 10.0. The predicted octanol–water partition coefficient (Wildman–Crippen LogP) is 3.20. The summed E-state index contributed by atoms with van der Waals surface area (Å²) in [5, 5.41) is 3.54. The molecule has 0 bridgehead atoms. The van der Waals surface area contributed by atoms with Crippen LogP contribution < -0.4 is 5.32 Å². The molecule has 1 spiro atoms. The van der Waals surface area contributed by atoms with Crippen molar-refractivity contribution in [2.24, 2.45) is 16.7 Å². The SMILES string of the molecule is CC(C)(C)C1CCC2(CCNC2)CC1. The molecule has 1 saturated heterocycles. The van der Waals surface area contributed by atoms with E-state index < -0.39 is 0 Å². The van der Waals surface area contributed by atoms with E-state index in [2.05, 4.69) is 26.1 Å². The molecule has 14 heavy (non-hydrogen) atoms. The van der Waals surface area contributed by atoms with Gasteiger partial charge in [0.25, 0.3) is 0 Å². The largest absolute Gasteiger partial charge is 0.316 e. The van der Waals surface area contributed by atoms with E-state index in [9.17, 15) is 0 Å². The fraction of sp³-hybridized carbons (Fsp3) is 1.00. The first-order valence-corrected chi connectivity index (χ1v) is 6.23. The van der Waals surface area contributed by atoms with Crippen LogP contribution >= 0.6 is 0 Å². The molecule has 0 amide bonds. The van der Waals surface area contributed by atoms with E-state index in [0.29, 0.717) is 10.8 Å². The van der Waals surface area contributed by atoms with Crippen LogP contribution in [0.4, 0.5) is 0 Å². The molecule has 2 rings (SSSR count). The maximum Gasteiger partial charge on any atom is 0.000829 e. The van der Waals surface area contributed by atoms with Crippen molar-refractivity contribution >= 4 is 0 Å². The molecular formula is C13H25N. The Hall–Kier alpha value is -0.0400. The summed E-state index contributed by atoms with van der Waals surface area (Å²) < 4.78 is 0. The van der Waals surface area contributed by atoms with Crippen LogP contribution in [0.15, 0.2) is 0 Å². The van der Waals surface area contributed by atoms with E-state index in [1.165, 1.54) is 45.2 Å². The number of hydrogen-bond donors (Lipinski definition) is 1. The van der Waals surface area contributed by atoms with Crippen molar-refractivity contribution in [2.45, 2.75) is 52.9 Å². The minimum Gasteiger partial charge on any atom is -0.316 e. The third-order valence-corrected chi connectivity index (χ3v) is 4.60. The van der Waals surface area contributed by atoms with Gasteiger partial charge < -0.3 is 5.32 Å². The molecule has 2 fully saturated rings. The van der Waals surface area contributed by atoms with Crippen LogP contribution in [0.1, 0.15) is 52.9 Å². The van der Waals surface area contributed by atoms with Crippen molar-refractivity contribution in [1.82, 2.24) is 5.32 Å². The molecule has 0 unspecified atom stereocenters. The lowest BCUT2D eigenvalue weighted by atomic mass is 9.64. The second kappa shape index (κ2) is 3.52. The van der Waals surface area contributed by atoms with Gasteiger partial charge in [-0.15, -0.1) is 0 Å². The molecule has 0 aromatic rings. The summed E-state index contributed by atoms with van der Waals surface area (Å²) >= 11 is 0. The highest BCUT2D eigenvalue weighted by molar-refractivity contribution is 4.93. The zero-order valence-corrected chi connectivity index (χ0v) is 10.0. The highest BCUT2D eigenvalue weighted by Gasteiger charge is 2.40. The third-order valence-electron chi connectivity index (χ3n) is 4.60. The molecule has 1 aliphatic carbocycles. The van der Waals surface area contributed by atoms with Crippen LogP contribution in [-0.2, 0) is 0 Å². The quantitative estimate of drug-likeness (QED) is 0.626. The van der Waals surface area contributed by atoms with E-state index in [1.807, 2.05) is 0 Å². The lowest BCUT2D eigenvalue weighted by molar-refractivity contribution is 0.100. The summed E-state index contributed by atoms with van der Waals surface area (Å²) in [6.07, 6.45) is 7.31. The van der Waals surface area contributed by atoms with Crippen LogP contribution in [0.5, 0.6) is 0 Å². The Bertz CT molecular complexity index is 186. The fourth-order valence-corrected chi connectivity index (χ4v) is 3.32. The summed E-state index contributed by atoms with van der Waals surface area (Å²) in [6, 6.07) is 0. The van der Waals surface area contributed by atoms with Gasteiger partial charge in [-0.3, -0.25) is 0 Å². The first kappa shape index (κ1) is 10.5. The molecule has 82 valence electrons. The standard InChI is InChI=1S/C13H25N/c1-12(2,3)11-4-6-13(7-5-11)8-9-14-10-13/h11,14H,4-10H2,1-3H3. The maximum atomic E-state index is 3.54. The van der Waals surface area contributed by atoms with Gasteiger partial charge in [0, 0.05) is 6.54 Å². The average molecular weight is 195 g/mol. The smallest absolute Gasteiger partial charge is 0.000829 e. The van der Waals surface area contributed by atoms with Crippen molar-refractivity contribution in [2.75, 3.05) is 13.1 Å². The fourth-order valence-electron chi connectivity index (χ4n) is 3.32. The molecule has 1 saturated carbocycles. The Morgan fingerprint density at radius 2 is 1.71 bits per heavy atom. The van der Waals surface area contributed by atoms with Gasteiger partial charge in [-0.2, -0.15) is 0 Å². The Kier molecular flexibility index (Phi) is 2.63. The Labute approximate surface area is 88.7 Å². The summed E-state index contributed by atoms with van der Waals surface area (Å²) in [6.45, 7) is 9.78. The molecule has 0 atom stereocenters. The molecule has 0 radical (unpaired) electrons. The van der Waals surface area contributed by atoms with Gasteiger partial charge in [0.15, 0.2) is 0 Å². The second-order valence-corrected chi connectivity index (χ2v) is 6.57. The van der Waals surface area contributed by atoms with Gasteiger partial charge in [-0.05, 0) is 55.4 Å². The van der Waals surface area contributed by atoms with E-state index in [4.69, 9.17) is 0 Å². The molecule has 1 aliphatic heterocycles. The Balaban J connectivity index is 1.92. The summed E-state index contributed by atoms with van der Waals surface area (Å²) in [5.74, 6) is 0.966. The van der Waals surface area contributed by atoms with Crippen LogP contribution in [-0.4, -0.2) is 13.1 Å². The van der Waals surface area contributed by atoms with Crippen molar-refractivity contribution < 1.29 is 0 Å². The minimum atomic E-state index is 0.535. The molecule has 1 heteroatoms. The molecule has 1 N–H and O–H groups in total. The van der Waals surface area contributed by atoms with Crippen molar-refractivity contribution in [3.8, 4) is 0 Å². The highest BCUT2D eigenvalue weighted by atomic mass is 14.9. The minimum absolute atomic E-state index is 0.535. The van der Waals surface area contributed by atoms with Gasteiger partial charge in [0.2, 0.25) is 0 Å². The van der Waals surface area contributed by atoms with E-state index >= 15 is 0 Å². The first-order chi connectivity index (χ1) is 6.52. The molecule has 0 aromatic carbocycles. The topological polar surface area (TPSA) is 12.0 Å². The normalized spacial score (nSPS) is 39.2. The summed E-state index contributed by atoms with van der Waals surface area (Å²) in [5.41, 5.74) is 1.25. The van der Waals surface area contributed by atoms with E-state index in [-0.39, 0.29) is 0 Å². The van der Waals surface area contributed by atoms with Crippen LogP contribution in [0.2, 0.25) is 0 Å². The molecular weight excluding hydrogens is 170 g/mol. The van der Waals surface area contributed by atoms with Gasteiger partial charge >= 0.3 is 0 Å². The van der Waals surface area contributed by atoms with E-state index in [0.717, 1.165) is 5.92 Å². The first-order valence-electron chi connectivity index (χ1n) is 6.23. The lowest BCUT2D eigenvalue weighted by Gasteiger charge is -2.42. The van der Waals surface area contributed by atoms with Gasteiger partial charge in [0.1, 0.15) is 0 Å². The Morgan fingerprint density at radius 3 is 2.14 bits per heavy atom. The number of rotatable bonds is 0. The van der Waals surface area contributed by atoms with Crippen LogP contribution in [0, 0.1) is 16.7 Å². The molecule has 2 aliphatic rings. The maximum absolute atomic E-state index is 3.54. The highest BCUT2D eigenvalue weighted by Crippen LogP contribution is 2.47. The third kappa shape index (κ3) is 1.98. The van der Waals surface area contributed by atoms with Crippen molar-refractivity contribution in [3.63, 3.8) is 0 Å². The molecule has 1 heterocycles. The molecule has 0 aromatic heterocycles. The summed E-state index contributed by atoms with van der Waals surface area (Å²) in [4.78, 5) is 0. The monoisotopic (exact) mass is 195 g/mol. The second-order valence-electron chi connectivity index (χ2n) is 6.57. The average Bonchev–Trinajstić information content (AvgIpc) is 2.53. The van der Waals surface area contributed by atoms with Crippen LogP contribution in [0.3, 0.4) is 0 Å². The van der Waals surface area contributed by atoms with Gasteiger partial charge in [-0.25, -0.2) is 0 Å². The van der Waals surface area contributed by atoms with Gasteiger partial charge in [-0.1, -0.05) is 20.8 Å². The van der Waals surface area contributed by atoms with Crippen molar-refractivity contribution in [3.05, 3.63) is 0 Å². The van der Waals surface area contributed by atoms with Crippen LogP contribution in [0.25, 0.3) is 0 Å². The zero-order chi connectivity index (χ0) is 10.2. The lowest BCUT2D eigenvalue weighted by Crippen LogP contribution is -2.33. The predicted molar refractivity (Wildman–Crippen MR) is 61.3 cm³/mol. The summed E-state index contributed by atoms with van der Waals surface area (Å²) in [7, 11) is 0.